The molecule has 0 atom stereocenters. The molecule has 0 spiro atoms. The maximum absolute atomic E-state index is 12.1. The molecule has 0 aromatic heterocycles. The summed E-state index contributed by atoms with van der Waals surface area (Å²) in [5, 5.41) is 0. The summed E-state index contributed by atoms with van der Waals surface area (Å²) in [7, 11) is 0. The maximum Gasteiger partial charge on any atom is 0.322 e. The van der Waals surface area contributed by atoms with Crippen LogP contribution in [0.3, 0.4) is 0 Å². The number of ether oxygens (including phenoxy) is 4. The van der Waals surface area contributed by atoms with Gasteiger partial charge in [-0.1, -0.05) is 38.4 Å². The second kappa shape index (κ2) is 10.8. The molecule has 0 heterocycles. The van der Waals surface area contributed by atoms with E-state index < -0.39 is 32.5 Å². The van der Waals surface area contributed by atoms with Crippen LogP contribution >= 0.6 is 31.9 Å². The van der Waals surface area contributed by atoms with Gasteiger partial charge >= 0.3 is 17.9 Å². The summed E-state index contributed by atoms with van der Waals surface area (Å²) in [5.74, 6) is -2.70. The zero-order valence-electron chi connectivity index (χ0n) is 14.8. The Balaban J connectivity index is 4.74. The molecule has 0 aliphatic carbocycles. The van der Waals surface area contributed by atoms with Crippen molar-refractivity contribution < 1.29 is 33.3 Å². The minimum absolute atomic E-state index is 0.00286. The van der Waals surface area contributed by atoms with Gasteiger partial charge in [0.2, 0.25) is 0 Å². The maximum atomic E-state index is 12.1. The highest BCUT2D eigenvalue weighted by Crippen LogP contribution is 2.20. The Morgan fingerprint density at radius 2 is 1.36 bits per heavy atom. The average molecular weight is 488 g/mol. The van der Waals surface area contributed by atoms with Gasteiger partial charge in [0.15, 0.2) is 0 Å². The van der Waals surface area contributed by atoms with E-state index in [4.69, 9.17) is 18.9 Å². The van der Waals surface area contributed by atoms with Crippen LogP contribution in [0.5, 0.6) is 0 Å². The molecule has 0 aliphatic heterocycles. The lowest BCUT2D eigenvalue weighted by Gasteiger charge is -2.21. The average Bonchev–Trinajstić information content (AvgIpc) is 2.48. The van der Waals surface area contributed by atoms with Crippen LogP contribution in [-0.4, -0.2) is 53.0 Å². The quantitative estimate of drug-likeness (QED) is 0.145. The fraction of sp³-hybridized carbons (Fsp3) is 0.688. The van der Waals surface area contributed by atoms with Crippen LogP contribution in [-0.2, 0) is 33.3 Å². The molecule has 0 fully saturated rings. The van der Waals surface area contributed by atoms with Crippen molar-refractivity contribution in [2.24, 2.45) is 5.92 Å². The van der Waals surface area contributed by atoms with Gasteiger partial charge < -0.3 is 18.9 Å². The van der Waals surface area contributed by atoms with Gasteiger partial charge in [0.05, 0.1) is 6.26 Å². The van der Waals surface area contributed by atoms with Crippen LogP contribution in [0.4, 0.5) is 0 Å². The molecule has 0 unspecified atom stereocenters. The molecule has 0 radical (unpaired) electrons. The summed E-state index contributed by atoms with van der Waals surface area (Å²) < 4.78 is 18.3. The first-order chi connectivity index (χ1) is 11.4. The van der Waals surface area contributed by atoms with Gasteiger partial charge in [0.25, 0.3) is 0 Å². The molecule has 0 saturated heterocycles. The normalized spacial score (nSPS) is 11.6. The summed E-state index contributed by atoms with van der Waals surface area (Å²) in [4.78, 5) is 35.8. The topological polar surface area (TPSA) is 88.1 Å². The van der Waals surface area contributed by atoms with E-state index in [9.17, 15) is 14.4 Å². The van der Waals surface area contributed by atoms with Crippen molar-refractivity contribution in [3.05, 3.63) is 12.8 Å². The zero-order valence-corrected chi connectivity index (χ0v) is 18.0. The van der Waals surface area contributed by atoms with Crippen molar-refractivity contribution in [1.29, 1.82) is 0 Å². The predicted molar refractivity (Wildman–Crippen MR) is 98.5 cm³/mol. The number of hydrogen-bond donors (Lipinski definition) is 0. The molecule has 0 bridgehead atoms. The number of hydrogen-bond acceptors (Lipinski definition) is 7. The smallest absolute Gasteiger partial charge is 0.322 e. The SMILES string of the molecule is C=COCCOC(=O)C(COC(=O)C(C)(C)Br)COC(=O)C(C)(C)Br. The van der Waals surface area contributed by atoms with E-state index in [1.165, 1.54) is 6.26 Å². The molecule has 0 aliphatic rings. The lowest BCUT2D eigenvalue weighted by molar-refractivity contribution is -0.161. The summed E-state index contributed by atoms with van der Waals surface area (Å²) >= 11 is 6.34. The van der Waals surface area contributed by atoms with E-state index in [1.54, 1.807) is 27.7 Å². The van der Waals surface area contributed by atoms with Crippen LogP contribution < -0.4 is 0 Å². The van der Waals surface area contributed by atoms with Crippen molar-refractivity contribution >= 4 is 49.8 Å². The minimum atomic E-state index is -0.943. The standard InChI is InChI=1S/C16H24Br2O7/c1-6-22-7-8-23-12(19)11(9-24-13(20)15(2,3)17)10-25-14(21)16(4,5)18/h6,11H,1,7-10H2,2-5H3. The Labute approximate surface area is 164 Å². The van der Waals surface area contributed by atoms with Crippen molar-refractivity contribution in [3.63, 3.8) is 0 Å². The molecule has 0 saturated carbocycles. The van der Waals surface area contributed by atoms with Gasteiger partial charge in [-0.15, -0.1) is 0 Å². The van der Waals surface area contributed by atoms with Gasteiger partial charge in [-0.3, -0.25) is 14.4 Å². The van der Waals surface area contributed by atoms with Crippen molar-refractivity contribution in [3.8, 4) is 0 Å². The number of carbonyl (C=O) groups is 3. The Bertz CT molecular complexity index is 448. The van der Waals surface area contributed by atoms with Crippen molar-refractivity contribution in [2.45, 2.75) is 36.3 Å². The second-order valence-corrected chi connectivity index (χ2v) is 10.0. The number of halogens is 2. The third-order valence-corrected chi connectivity index (χ3v) is 3.35. The van der Waals surface area contributed by atoms with Crippen LogP contribution in [0.1, 0.15) is 27.7 Å². The summed E-state index contributed by atoms with van der Waals surface area (Å²) in [6.07, 6.45) is 1.23. The van der Waals surface area contributed by atoms with Gasteiger partial charge in [-0.25, -0.2) is 0 Å². The summed E-state index contributed by atoms with van der Waals surface area (Å²) in [5.41, 5.74) is 0. The Morgan fingerprint density at radius 1 is 0.920 bits per heavy atom. The molecular weight excluding hydrogens is 464 g/mol. The van der Waals surface area contributed by atoms with Gasteiger partial charge in [-0.2, -0.15) is 0 Å². The zero-order chi connectivity index (χ0) is 19.7. The molecule has 9 heteroatoms. The van der Waals surface area contributed by atoms with Crippen molar-refractivity contribution in [1.82, 2.24) is 0 Å². The lowest BCUT2D eigenvalue weighted by Crippen LogP contribution is -2.35. The largest absolute Gasteiger partial charge is 0.498 e. The van der Waals surface area contributed by atoms with Gasteiger partial charge in [0.1, 0.15) is 41.0 Å². The molecule has 0 N–H and O–H groups in total. The molecule has 144 valence electrons. The molecule has 25 heavy (non-hydrogen) atoms. The number of carbonyl (C=O) groups excluding carboxylic acids is 3. The highest BCUT2D eigenvalue weighted by atomic mass is 79.9. The predicted octanol–water partition coefficient (Wildman–Crippen LogP) is 2.74. The Morgan fingerprint density at radius 3 is 1.72 bits per heavy atom. The van der Waals surface area contributed by atoms with E-state index >= 15 is 0 Å². The highest BCUT2D eigenvalue weighted by molar-refractivity contribution is 9.10. The number of esters is 3. The van der Waals surface area contributed by atoms with Crippen molar-refractivity contribution in [2.75, 3.05) is 26.4 Å². The second-order valence-electron chi connectivity index (χ2n) is 6.04. The van der Waals surface area contributed by atoms with Crippen LogP contribution in [0.2, 0.25) is 0 Å². The van der Waals surface area contributed by atoms with Crippen LogP contribution in [0, 0.1) is 5.92 Å². The monoisotopic (exact) mass is 486 g/mol. The van der Waals surface area contributed by atoms with E-state index in [0.717, 1.165) is 0 Å². The van der Waals surface area contributed by atoms with Gasteiger partial charge in [0, 0.05) is 0 Å². The molecule has 0 aromatic carbocycles. The van der Waals surface area contributed by atoms with Crippen LogP contribution in [0.15, 0.2) is 12.8 Å². The fourth-order valence-corrected chi connectivity index (χ4v) is 1.50. The molecule has 0 amide bonds. The van der Waals surface area contributed by atoms with E-state index in [2.05, 4.69) is 38.4 Å². The number of alkyl halides is 2. The molecule has 0 aromatic rings. The summed E-state index contributed by atoms with van der Waals surface area (Å²) in [6.45, 7) is 9.42. The van der Waals surface area contributed by atoms with E-state index in [-0.39, 0.29) is 26.4 Å². The first-order valence-electron chi connectivity index (χ1n) is 7.51. The first-order valence-corrected chi connectivity index (χ1v) is 9.09. The van der Waals surface area contributed by atoms with Crippen LogP contribution in [0.25, 0.3) is 0 Å². The summed E-state index contributed by atoms with van der Waals surface area (Å²) in [6, 6.07) is 0. The highest BCUT2D eigenvalue weighted by Gasteiger charge is 2.31. The van der Waals surface area contributed by atoms with Gasteiger partial charge in [-0.05, 0) is 27.7 Å². The first kappa shape index (κ1) is 23.9. The van der Waals surface area contributed by atoms with E-state index in [1.807, 2.05) is 0 Å². The lowest BCUT2D eigenvalue weighted by atomic mass is 10.1. The minimum Gasteiger partial charge on any atom is -0.498 e. The third-order valence-electron chi connectivity index (χ3n) is 2.70. The Hall–Kier alpha value is -1.09. The Kier molecular flexibility index (Phi) is 10.3. The fourth-order valence-electron chi connectivity index (χ4n) is 1.27. The molecular formula is C16H24Br2O7. The third kappa shape index (κ3) is 10.5. The van der Waals surface area contributed by atoms with E-state index in [0.29, 0.717) is 0 Å². The molecule has 0 rings (SSSR count). The molecule has 7 nitrogen and oxygen atoms in total. The number of rotatable bonds is 11.